The molecule has 1 aromatic rings. The van der Waals surface area contributed by atoms with Crippen LogP contribution in [0.4, 0.5) is 14.9 Å². The highest BCUT2D eigenvalue weighted by Crippen LogP contribution is 2.33. The van der Waals surface area contributed by atoms with Crippen molar-refractivity contribution in [2.24, 2.45) is 21.6 Å². The highest BCUT2D eigenvalue weighted by Gasteiger charge is 2.40. The number of aryl methyl sites for hydroxylation is 1. The number of carbonyl (C=O) groups excluding carboxylic acids is 1. The van der Waals surface area contributed by atoms with E-state index in [0.717, 1.165) is 18.4 Å². The van der Waals surface area contributed by atoms with E-state index >= 15 is 0 Å². The van der Waals surface area contributed by atoms with Gasteiger partial charge >= 0.3 is 6.03 Å². The number of hydrogen-bond donors (Lipinski definition) is 3. The van der Waals surface area contributed by atoms with Gasteiger partial charge in [0.1, 0.15) is 11.7 Å². The molecule has 33 heavy (non-hydrogen) atoms. The highest BCUT2D eigenvalue weighted by molar-refractivity contribution is 5.96. The molecule has 0 bridgehead atoms. The molecule has 2 heterocycles. The first-order valence-electron chi connectivity index (χ1n) is 10.9. The molecule has 10 heteroatoms. The number of nitrogens with zero attached hydrogens (tertiary/aromatic N) is 3. The van der Waals surface area contributed by atoms with Crippen molar-refractivity contribution in [1.29, 1.82) is 0 Å². The summed E-state index contributed by atoms with van der Waals surface area (Å²) in [5.41, 5.74) is 7.62. The van der Waals surface area contributed by atoms with E-state index in [1.54, 1.807) is 12.1 Å². The van der Waals surface area contributed by atoms with Crippen LogP contribution in [0, 0.1) is 18.7 Å². The number of methoxy groups -OCH3 is 1. The first kappa shape index (κ1) is 22.8. The molecule has 1 aromatic carbocycles. The summed E-state index contributed by atoms with van der Waals surface area (Å²) in [6.07, 6.45) is 2.64. The lowest BCUT2D eigenvalue weighted by molar-refractivity contribution is -0.0239. The molecule has 1 saturated carbocycles. The molecule has 1 saturated heterocycles. The molecule has 3 unspecified atom stereocenters. The zero-order valence-electron chi connectivity index (χ0n) is 19.0. The number of anilines is 1. The zero-order valence-corrected chi connectivity index (χ0v) is 19.0. The van der Waals surface area contributed by atoms with Crippen LogP contribution in [0.5, 0.6) is 0 Å². The summed E-state index contributed by atoms with van der Waals surface area (Å²) in [7, 11) is 1.49. The third-order valence-corrected chi connectivity index (χ3v) is 5.95. The van der Waals surface area contributed by atoms with Gasteiger partial charge < -0.3 is 25.8 Å². The summed E-state index contributed by atoms with van der Waals surface area (Å²) in [6, 6.07) is 4.13. The van der Waals surface area contributed by atoms with E-state index in [-0.39, 0.29) is 29.6 Å². The van der Waals surface area contributed by atoms with E-state index < -0.39 is 12.3 Å². The number of nitrogens with two attached hydrogens (primary N) is 1. The molecule has 0 radical (unpaired) electrons. The van der Waals surface area contributed by atoms with Gasteiger partial charge in [-0.1, -0.05) is 12.6 Å². The van der Waals surface area contributed by atoms with Gasteiger partial charge in [-0.05, 0) is 44.4 Å². The Hall–Kier alpha value is -3.40. The van der Waals surface area contributed by atoms with Crippen molar-refractivity contribution in [3.8, 4) is 0 Å². The Morgan fingerprint density at radius 2 is 2.18 bits per heavy atom. The van der Waals surface area contributed by atoms with Crippen LogP contribution >= 0.6 is 0 Å². The molecule has 2 fully saturated rings. The van der Waals surface area contributed by atoms with Crippen LogP contribution in [0.2, 0.25) is 0 Å². The van der Waals surface area contributed by atoms with Gasteiger partial charge in [0.2, 0.25) is 6.23 Å². The fraction of sp³-hybridized carbons (Fsp3) is 0.435. The lowest BCUT2D eigenvalue weighted by Crippen LogP contribution is -2.40. The Morgan fingerprint density at radius 3 is 2.85 bits per heavy atom. The summed E-state index contributed by atoms with van der Waals surface area (Å²) in [4.78, 5) is 22.6. The molecule has 2 amide bonds. The number of benzene rings is 1. The lowest BCUT2D eigenvalue weighted by Gasteiger charge is -2.28. The lowest BCUT2D eigenvalue weighted by atomic mass is 10.2. The van der Waals surface area contributed by atoms with Crippen molar-refractivity contribution in [2.75, 3.05) is 12.4 Å². The standard InChI is InChI=1S/C23H29FN6O3/c1-12-5-8-17(16(24)9-12)28-21-19(32-4)22(27-11-26-21)33-18-10-13(2)30(14(18)3)23(31)29-20(25)15-6-7-15/h5,8-9,11,14-15,18,22,28H,2,6-7,10H2,1,3-4H3,(H,26,27)(H2,25,29,31). The number of aliphatic imine (C=N–C) groups is 2. The maximum absolute atomic E-state index is 14.3. The van der Waals surface area contributed by atoms with Crippen molar-refractivity contribution >= 4 is 23.9 Å². The summed E-state index contributed by atoms with van der Waals surface area (Å²) in [5, 5.41) is 5.94. The predicted molar refractivity (Wildman–Crippen MR) is 124 cm³/mol. The summed E-state index contributed by atoms with van der Waals surface area (Å²) in [6.45, 7) is 7.70. The van der Waals surface area contributed by atoms with Gasteiger partial charge in [-0.2, -0.15) is 4.99 Å². The van der Waals surface area contributed by atoms with E-state index in [2.05, 4.69) is 27.2 Å². The highest BCUT2D eigenvalue weighted by atomic mass is 19.1. The van der Waals surface area contributed by atoms with Crippen molar-refractivity contribution in [1.82, 2.24) is 10.2 Å². The number of hydrogen-bond acceptors (Lipinski definition) is 6. The number of rotatable bonds is 6. The van der Waals surface area contributed by atoms with E-state index in [1.807, 2.05) is 13.8 Å². The van der Waals surface area contributed by atoms with Crippen LogP contribution in [0.25, 0.3) is 0 Å². The number of amidine groups is 1. The molecular weight excluding hydrogens is 427 g/mol. The Bertz CT molecular complexity index is 1050. The molecule has 176 valence electrons. The van der Waals surface area contributed by atoms with Gasteiger partial charge in [0.25, 0.3) is 0 Å². The van der Waals surface area contributed by atoms with Gasteiger partial charge in [0, 0.05) is 18.0 Å². The maximum Gasteiger partial charge on any atom is 0.349 e. The second-order valence-electron chi connectivity index (χ2n) is 8.48. The first-order valence-corrected chi connectivity index (χ1v) is 10.9. The van der Waals surface area contributed by atoms with Crippen LogP contribution in [0.3, 0.4) is 0 Å². The van der Waals surface area contributed by atoms with E-state index in [0.29, 0.717) is 29.5 Å². The van der Waals surface area contributed by atoms with Gasteiger partial charge in [-0.3, -0.25) is 4.90 Å². The summed E-state index contributed by atoms with van der Waals surface area (Å²) in [5.74, 6) is 0.960. The number of ether oxygens (including phenoxy) is 2. The van der Waals surface area contributed by atoms with Crippen molar-refractivity contribution in [3.05, 3.63) is 53.4 Å². The largest absolute Gasteiger partial charge is 0.493 e. The molecule has 3 aliphatic rings. The number of nitrogens with one attached hydrogen (secondary N) is 2. The monoisotopic (exact) mass is 456 g/mol. The van der Waals surface area contributed by atoms with Crippen LogP contribution in [-0.2, 0) is 9.47 Å². The van der Waals surface area contributed by atoms with Gasteiger partial charge in [0.15, 0.2) is 11.6 Å². The van der Waals surface area contributed by atoms with E-state index in [9.17, 15) is 9.18 Å². The van der Waals surface area contributed by atoms with Gasteiger partial charge in [-0.25, -0.2) is 14.2 Å². The normalized spacial score (nSPS) is 25.3. The van der Waals surface area contributed by atoms with Crippen molar-refractivity contribution < 1.29 is 18.7 Å². The minimum atomic E-state index is -0.789. The van der Waals surface area contributed by atoms with Gasteiger partial charge in [0.05, 0.1) is 31.3 Å². The molecule has 0 aromatic heterocycles. The SMILES string of the molecule is C=C1CC(OC2N=CNC(Nc3ccc(C)cc3F)=C2OC)C(C)N1C(=O)/N=C(\N)C1CC1. The second kappa shape index (κ2) is 9.22. The quantitative estimate of drug-likeness (QED) is 0.448. The van der Waals surface area contributed by atoms with Crippen LogP contribution in [-0.4, -0.2) is 48.6 Å². The van der Waals surface area contributed by atoms with Crippen molar-refractivity contribution in [2.45, 2.75) is 51.5 Å². The molecule has 1 aliphatic carbocycles. The van der Waals surface area contributed by atoms with Crippen LogP contribution < -0.4 is 16.4 Å². The first-order chi connectivity index (χ1) is 15.8. The molecule has 9 nitrogen and oxygen atoms in total. The van der Waals surface area contributed by atoms with Crippen LogP contribution in [0.15, 0.2) is 52.0 Å². The van der Waals surface area contributed by atoms with E-state index in [4.69, 9.17) is 15.2 Å². The second-order valence-corrected chi connectivity index (χ2v) is 8.48. The van der Waals surface area contributed by atoms with E-state index in [1.165, 1.54) is 24.4 Å². The van der Waals surface area contributed by atoms with Crippen LogP contribution in [0.1, 0.15) is 31.7 Å². The third kappa shape index (κ3) is 4.85. The molecular formula is C23H29FN6O3. The topological polar surface area (TPSA) is 114 Å². The average molecular weight is 457 g/mol. The zero-order chi connectivity index (χ0) is 23.7. The summed E-state index contributed by atoms with van der Waals surface area (Å²) < 4.78 is 26.1. The van der Waals surface area contributed by atoms with Crippen molar-refractivity contribution in [3.63, 3.8) is 0 Å². The Labute approximate surface area is 192 Å². The number of carbonyl (C=O) groups is 1. The molecule has 3 atom stereocenters. The average Bonchev–Trinajstić information content (AvgIpc) is 3.57. The third-order valence-electron chi connectivity index (χ3n) is 5.95. The molecule has 4 N–H and O–H groups in total. The fourth-order valence-electron chi connectivity index (χ4n) is 3.91. The number of likely N-dealkylation sites (tertiary alicyclic amines) is 1. The summed E-state index contributed by atoms with van der Waals surface area (Å²) >= 11 is 0. The molecule has 0 spiro atoms. The molecule has 2 aliphatic heterocycles. The maximum atomic E-state index is 14.3. The number of halogens is 1. The van der Waals surface area contributed by atoms with Gasteiger partial charge in [-0.15, -0.1) is 0 Å². The smallest absolute Gasteiger partial charge is 0.349 e. The number of amides is 2. The Kier molecular flexibility index (Phi) is 6.37. The Morgan fingerprint density at radius 1 is 1.42 bits per heavy atom. The minimum Gasteiger partial charge on any atom is -0.493 e. The fourth-order valence-corrected chi connectivity index (χ4v) is 3.91. The molecule has 4 rings (SSSR count). The minimum absolute atomic E-state index is 0.204. The predicted octanol–water partition coefficient (Wildman–Crippen LogP) is 3.20. The Balaban J connectivity index is 1.48. The number of urea groups is 1.